The lowest BCUT2D eigenvalue weighted by Crippen LogP contribution is -2.35. The van der Waals surface area contributed by atoms with E-state index in [1.165, 1.54) is 11.9 Å². The number of carbonyl (C=O) groups excluding carboxylic acids is 1. The van der Waals surface area contributed by atoms with Crippen LogP contribution in [0.3, 0.4) is 0 Å². The molecule has 46 heavy (non-hydrogen) atoms. The Morgan fingerprint density at radius 3 is 2.26 bits per heavy atom. The van der Waals surface area contributed by atoms with E-state index >= 15 is 0 Å². The molecule has 2 fully saturated rings. The minimum absolute atomic E-state index is 0.117. The van der Waals surface area contributed by atoms with Crippen molar-refractivity contribution in [2.75, 3.05) is 46.0 Å². The van der Waals surface area contributed by atoms with Crippen LogP contribution < -0.4 is 4.74 Å². The third-order valence-corrected chi connectivity index (χ3v) is 8.16. The molecule has 10 nitrogen and oxygen atoms in total. The second kappa shape index (κ2) is 14.9. The zero-order chi connectivity index (χ0) is 31.7. The standard InChI is InChI=1S/C36H37N5O5/c42-19-16-41-33(24-40(36(41)44)23-32-34(35(43)38-26-37-32)46-25-30-4-2-1-3-5-30)31-14-12-28(13-15-31)7-6-27-8-10-29(11-9-27)22-39-17-20-45-21-18-39/h1-5,8-15,26,33,42H,16-25H2,(H,37,38,43). The number of aliphatic hydroxyl groups excluding tert-OH is 1. The Balaban J connectivity index is 1.11. The molecule has 4 aromatic rings. The van der Waals surface area contributed by atoms with Gasteiger partial charge in [0.15, 0.2) is 0 Å². The molecule has 2 aliphatic heterocycles. The minimum atomic E-state index is -0.281. The summed E-state index contributed by atoms with van der Waals surface area (Å²) in [4.78, 5) is 27.4. The molecule has 10 heteroatoms. The number of aliphatic hydroxyl groups is 1. The largest absolute Gasteiger partial charge is 0.491 e. The van der Waals surface area contributed by atoms with Crippen LogP contribution in [0.15, 0.2) is 85.2 Å². The molecular formula is C36H37N5O5. The molecule has 3 aromatic carbocycles. The van der Waals surface area contributed by atoms with E-state index in [1.54, 1.807) is 9.80 Å². The van der Waals surface area contributed by atoms with Crippen LogP contribution in [0.2, 0.25) is 0 Å². The van der Waals surface area contributed by atoms with Crippen LogP contribution in [0.5, 0.6) is 11.6 Å². The van der Waals surface area contributed by atoms with Gasteiger partial charge in [-0.25, -0.2) is 9.78 Å². The van der Waals surface area contributed by atoms with E-state index in [4.69, 9.17) is 9.47 Å². The second-order valence-corrected chi connectivity index (χ2v) is 11.3. The summed E-state index contributed by atoms with van der Waals surface area (Å²) in [6.45, 7) is 5.15. The van der Waals surface area contributed by atoms with Crippen molar-refractivity contribution in [3.8, 4) is 23.5 Å². The van der Waals surface area contributed by atoms with Gasteiger partial charge in [0.25, 0.3) is 5.88 Å². The molecule has 6 rings (SSSR count). The minimum Gasteiger partial charge on any atom is -0.491 e. The van der Waals surface area contributed by atoms with Crippen LogP contribution in [0.25, 0.3) is 0 Å². The SMILES string of the molecule is O=C1N(Cc2ncnc(O)c2OCc2ccccc2)CC(c2ccc(C#Cc3ccc(CN4CCOCC4)cc3)cc2)N1CCO. The highest BCUT2D eigenvalue weighted by Gasteiger charge is 2.38. The zero-order valence-electron chi connectivity index (χ0n) is 25.6. The van der Waals surface area contributed by atoms with E-state index in [1.807, 2.05) is 54.6 Å². The van der Waals surface area contributed by atoms with Crippen molar-refractivity contribution in [1.82, 2.24) is 24.7 Å². The highest BCUT2D eigenvalue weighted by Crippen LogP contribution is 2.33. The molecule has 0 radical (unpaired) electrons. The lowest BCUT2D eigenvalue weighted by atomic mass is 10.0. The predicted molar refractivity (Wildman–Crippen MR) is 172 cm³/mol. The van der Waals surface area contributed by atoms with Gasteiger partial charge in [-0.1, -0.05) is 66.4 Å². The van der Waals surface area contributed by atoms with E-state index in [9.17, 15) is 15.0 Å². The number of hydrogen-bond acceptors (Lipinski definition) is 8. The molecule has 236 valence electrons. The van der Waals surface area contributed by atoms with Gasteiger partial charge in [0.05, 0.1) is 32.4 Å². The van der Waals surface area contributed by atoms with Crippen molar-refractivity contribution >= 4 is 6.03 Å². The monoisotopic (exact) mass is 619 g/mol. The molecule has 1 atom stereocenters. The van der Waals surface area contributed by atoms with Gasteiger partial charge in [0, 0.05) is 43.9 Å². The highest BCUT2D eigenvalue weighted by atomic mass is 16.5. The molecule has 2 N–H and O–H groups in total. The van der Waals surface area contributed by atoms with E-state index in [0.29, 0.717) is 12.2 Å². The van der Waals surface area contributed by atoms with Gasteiger partial charge in [0.2, 0.25) is 5.75 Å². The van der Waals surface area contributed by atoms with Crippen molar-refractivity contribution < 1.29 is 24.5 Å². The van der Waals surface area contributed by atoms with Gasteiger partial charge in [-0.05, 0) is 41.0 Å². The quantitative estimate of drug-likeness (QED) is 0.257. The number of β-amino-alcohol motifs (C(OH)–C–C–N with tert-alkyl or cyclic N) is 1. The van der Waals surface area contributed by atoms with Gasteiger partial charge in [-0.15, -0.1) is 0 Å². The molecule has 1 unspecified atom stereocenters. The van der Waals surface area contributed by atoms with Gasteiger partial charge >= 0.3 is 6.03 Å². The summed E-state index contributed by atoms with van der Waals surface area (Å²) in [6, 6.07) is 25.3. The maximum Gasteiger partial charge on any atom is 0.321 e. The number of benzene rings is 3. The number of carbonyl (C=O) groups is 1. The maximum atomic E-state index is 13.5. The fourth-order valence-electron chi connectivity index (χ4n) is 5.69. The number of ether oxygens (including phenoxy) is 2. The fraction of sp³-hybridized carbons (Fsp3) is 0.306. The molecular weight excluding hydrogens is 582 g/mol. The van der Waals surface area contributed by atoms with E-state index in [2.05, 4.69) is 51.0 Å². The fourth-order valence-corrected chi connectivity index (χ4v) is 5.69. The molecule has 1 aromatic heterocycles. The van der Waals surface area contributed by atoms with Crippen LogP contribution in [0.4, 0.5) is 4.79 Å². The number of nitrogens with zero attached hydrogens (tertiary/aromatic N) is 5. The van der Waals surface area contributed by atoms with Crippen molar-refractivity contribution in [2.45, 2.75) is 25.7 Å². The Morgan fingerprint density at radius 2 is 1.57 bits per heavy atom. The van der Waals surface area contributed by atoms with Gasteiger partial charge in [0.1, 0.15) is 18.6 Å². The first-order chi connectivity index (χ1) is 22.6. The van der Waals surface area contributed by atoms with Gasteiger partial charge < -0.3 is 29.5 Å². The Kier molecular flexibility index (Phi) is 10.0. The van der Waals surface area contributed by atoms with Crippen molar-refractivity contribution in [1.29, 1.82) is 0 Å². The number of amides is 2. The summed E-state index contributed by atoms with van der Waals surface area (Å²) in [7, 11) is 0. The average molecular weight is 620 g/mol. The number of rotatable bonds is 10. The number of urea groups is 1. The van der Waals surface area contributed by atoms with Crippen molar-refractivity contribution in [2.24, 2.45) is 0 Å². The summed E-state index contributed by atoms with van der Waals surface area (Å²) in [5.74, 6) is 6.35. The second-order valence-electron chi connectivity index (χ2n) is 11.3. The lowest BCUT2D eigenvalue weighted by molar-refractivity contribution is 0.0342. The lowest BCUT2D eigenvalue weighted by Gasteiger charge is -2.26. The van der Waals surface area contributed by atoms with E-state index in [0.717, 1.165) is 55.1 Å². The van der Waals surface area contributed by atoms with E-state index in [-0.39, 0.29) is 50.0 Å². The number of morpholine rings is 1. The highest BCUT2D eigenvalue weighted by molar-refractivity contribution is 5.77. The molecule has 0 bridgehead atoms. The normalized spacial score (nSPS) is 16.7. The first-order valence-electron chi connectivity index (χ1n) is 15.4. The Morgan fingerprint density at radius 1 is 0.870 bits per heavy atom. The van der Waals surface area contributed by atoms with Crippen LogP contribution >= 0.6 is 0 Å². The molecule has 2 amide bonds. The van der Waals surface area contributed by atoms with Gasteiger partial charge in [-0.3, -0.25) is 4.90 Å². The maximum absolute atomic E-state index is 13.5. The van der Waals surface area contributed by atoms with Crippen molar-refractivity contribution in [3.05, 3.63) is 119 Å². The smallest absolute Gasteiger partial charge is 0.321 e. The first-order valence-corrected chi connectivity index (χ1v) is 15.4. The summed E-state index contributed by atoms with van der Waals surface area (Å²) < 4.78 is 11.3. The third kappa shape index (κ3) is 7.64. The molecule has 3 heterocycles. The summed E-state index contributed by atoms with van der Waals surface area (Å²) in [5, 5.41) is 20.2. The predicted octanol–water partition coefficient (Wildman–Crippen LogP) is 3.96. The van der Waals surface area contributed by atoms with E-state index < -0.39 is 0 Å². The molecule has 0 saturated carbocycles. The number of aromatic hydroxyl groups is 1. The Bertz CT molecular complexity index is 1670. The Labute approximate surface area is 268 Å². The van der Waals surface area contributed by atoms with Crippen LogP contribution in [0.1, 0.15) is 39.6 Å². The topological polar surface area (TPSA) is 111 Å². The molecule has 0 spiro atoms. The van der Waals surface area contributed by atoms with Crippen LogP contribution in [-0.2, 0) is 24.4 Å². The average Bonchev–Trinajstić information content (AvgIpc) is 3.39. The van der Waals surface area contributed by atoms with Crippen LogP contribution in [0, 0.1) is 11.8 Å². The summed E-state index contributed by atoms with van der Waals surface area (Å²) >= 11 is 0. The number of hydrogen-bond donors (Lipinski definition) is 2. The third-order valence-electron chi connectivity index (χ3n) is 8.16. The number of aromatic nitrogens is 2. The molecule has 0 aliphatic carbocycles. The molecule has 2 aliphatic rings. The van der Waals surface area contributed by atoms with Crippen molar-refractivity contribution in [3.63, 3.8) is 0 Å². The molecule has 2 saturated heterocycles. The van der Waals surface area contributed by atoms with Gasteiger partial charge in [-0.2, -0.15) is 4.98 Å². The van der Waals surface area contributed by atoms with Crippen LogP contribution in [-0.4, -0.2) is 86.9 Å². The zero-order valence-corrected chi connectivity index (χ0v) is 25.6. The summed E-state index contributed by atoms with van der Waals surface area (Å²) in [6.07, 6.45) is 1.25. The summed E-state index contributed by atoms with van der Waals surface area (Å²) in [5.41, 5.74) is 5.34. The Hall–Kier alpha value is -4.95. The first kappa shape index (κ1) is 31.0.